The van der Waals surface area contributed by atoms with Gasteiger partial charge in [-0.3, -0.25) is 0 Å². The first kappa shape index (κ1) is 17.9. The lowest BCUT2D eigenvalue weighted by Gasteiger charge is -2.34. The molecule has 6 heteroatoms. The van der Waals surface area contributed by atoms with Crippen LogP contribution in [0.2, 0.25) is 0 Å². The Balaban J connectivity index is 3.07. The van der Waals surface area contributed by atoms with Gasteiger partial charge in [0.25, 0.3) is 0 Å². The Bertz CT molecular complexity index is 565. The second kappa shape index (κ2) is 6.75. The molecular weight excluding hydrogens is 286 g/mol. The molecule has 0 aromatic carbocycles. The Morgan fingerprint density at radius 2 is 2.00 bits per heavy atom. The zero-order valence-corrected chi connectivity index (χ0v) is 14.7. The Hall–Kier alpha value is -1.14. The van der Waals surface area contributed by atoms with Crippen LogP contribution in [0.1, 0.15) is 41.0 Å². The maximum atomic E-state index is 12.7. The summed E-state index contributed by atoms with van der Waals surface area (Å²) in [6.45, 7) is 10.8. The largest absolute Gasteiger partial charge is 0.370 e. The SMILES string of the molecule is CCCNc1cc(S(=O)(=O)N(C)C(C)C(C)(C)C)ccn1. The van der Waals surface area contributed by atoms with Crippen LogP contribution in [0.5, 0.6) is 0 Å². The Morgan fingerprint density at radius 3 is 2.52 bits per heavy atom. The van der Waals surface area contributed by atoms with Gasteiger partial charge >= 0.3 is 0 Å². The Labute approximate surface area is 128 Å². The van der Waals surface area contributed by atoms with Crippen LogP contribution < -0.4 is 5.32 Å². The van der Waals surface area contributed by atoms with Crippen LogP contribution in [0, 0.1) is 5.41 Å². The standard InChI is InChI=1S/C15H27N3O2S/c1-7-9-16-14-11-13(8-10-17-14)21(19,20)18(6)12(2)15(3,4)5/h8,10-12H,7,9H2,1-6H3,(H,16,17). The number of aromatic nitrogens is 1. The van der Waals surface area contributed by atoms with Gasteiger partial charge in [-0.1, -0.05) is 27.7 Å². The molecule has 0 radical (unpaired) electrons. The molecule has 21 heavy (non-hydrogen) atoms. The normalized spacial score (nSPS) is 14.2. The fourth-order valence-corrected chi connectivity index (χ4v) is 3.40. The molecule has 1 unspecified atom stereocenters. The van der Waals surface area contributed by atoms with Crippen molar-refractivity contribution in [1.82, 2.24) is 9.29 Å². The highest BCUT2D eigenvalue weighted by Crippen LogP contribution is 2.27. The summed E-state index contributed by atoms with van der Waals surface area (Å²) in [5, 5.41) is 3.11. The summed E-state index contributed by atoms with van der Waals surface area (Å²) in [5.41, 5.74) is -0.127. The topological polar surface area (TPSA) is 62.3 Å². The third-order valence-corrected chi connectivity index (χ3v) is 5.69. The van der Waals surface area contributed by atoms with Gasteiger partial charge in [-0.05, 0) is 24.8 Å². The van der Waals surface area contributed by atoms with E-state index in [4.69, 9.17) is 0 Å². The average Bonchev–Trinajstić information content (AvgIpc) is 2.42. The number of anilines is 1. The van der Waals surface area contributed by atoms with Crippen molar-refractivity contribution in [2.24, 2.45) is 5.41 Å². The molecule has 1 N–H and O–H groups in total. The van der Waals surface area contributed by atoms with Crippen molar-refractivity contribution in [1.29, 1.82) is 0 Å². The van der Waals surface area contributed by atoms with Crippen LogP contribution in [0.4, 0.5) is 5.82 Å². The fraction of sp³-hybridized carbons (Fsp3) is 0.667. The van der Waals surface area contributed by atoms with Gasteiger partial charge in [0.15, 0.2) is 0 Å². The van der Waals surface area contributed by atoms with Crippen molar-refractivity contribution < 1.29 is 8.42 Å². The molecule has 1 aromatic rings. The van der Waals surface area contributed by atoms with Gasteiger partial charge in [0.2, 0.25) is 10.0 Å². The second-order valence-electron chi connectivity index (χ2n) is 6.37. The number of pyridine rings is 1. The molecule has 0 fully saturated rings. The molecular formula is C15H27N3O2S. The molecule has 0 aliphatic heterocycles. The number of nitrogens with zero attached hydrogens (tertiary/aromatic N) is 2. The quantitative estimate of drug-likeness (QED) is 0.877. The Kier molecular flexibility index (Phi) is 5.75. The van der Waals surface area contributed by atoms with Crippen molar-refractivity contribution in [2.45, 2.75) is 52.0 Å². The lowest BCUT2D eigenvalue weighted by Crippen LogP contribution is -2.42. The van der Waals surface area contributed by atoms with E-state index in [-0.39, 0.29) is 16.4 Å². The maximum absolute atomic E-state index is 12.7. The number of rotatable bonds is 6. The molecule has 0 spiro atoms. The molecule has 0 amide bonds. The Morgan fingerprint density at radius 1 is 1.38 bits per heavy atom. The van der Waals surface area contributed by atoms with Crippen LogP contribution >= 0.6 is 0 Å². The van der Waals surface area contributed by atoms with E-state index in [0.717, 1.165) is 13.0 Å². The van der Waals surface area contributed by atoms with Gasteiger partial charge < -0.3 is 5.32 Å². The first-order valence-electron chi connectivity index (χ1n) is 7.28. The van der Waals surface area contributed by atoms with Crippen molar-refractivity contribution in [2.75, 3.05) is 18.9 Å². The van der Waals surface area contributed by atoms with E-state index < -0.39 is 10.0 Å². The van der Waals surface area contributed by atoms with Gasteiger partial charge in [-0.15, -0.1) is 0 Å². The minimum atomic E-state index is -3.52. The zero-order valence-electron chi connectivity index (χ0n) is 13.8. The predicted octanol–water partition coefficient (Wildman–Crippen LogP) is 2.96. The first-order chi connectivity index (χ1) is 9.60. The van der Waals surface area contributed by atoms with Crippen LogP contribution in [0.3, 0.4) is 0 Å². The van der Waals surface area contributed by atoms with E-state index in [9.17, 15) is 8.42 Å². The summed E-state index contributed by atoms with van der Waals surface area (Å²) in [6, 6.07) is 3.03. The molecule has 1 rings (SSSR count). The van der Waals surface area contributed by atoms with Crippen LogP contribution in [-0.4, -0.2) is 37.3 Å². The predicted molar refractivity (Wildman–Crippen MR) is 86.9 cm³/mol. The summed E-state index contributed by atoms with van der Waals surface area (Å²) in [5.74, 6) is 0.592. The van der Waals surface area contributed by atoms with Crippen LogP contribution in [0.15, 0.2) is 23.2 Å². The van der Waals surface area contributed by atoms with Gasteiger partial charge in [0.05, 0.1) is 4.90 Å². The lowest BCUT2D eigenvalue weighted by molar-refractivity contribution is 0.216. The van der Waals surface area contributed by atoms with E-state index in [1.807, 2.05) is 34.6 Å². The van der Waals surface area contributed by atoms with Crippen LogP contribution in [-0.2, 0) is 10.0 Å². The summed E-state index contributed by atoms with van der Waals surface area (Å²) >= 11 is 0. The maximum Gasteiger partial charge on any atom is 0.243 e. The zero-order chi connectivity index (χ0) is 16.3. The monoisotopic (exact) mass is 313 g/mol. The van der Waals surface area contributed by atoms with Gasteiger partial charge in [0.1, 0.15) is 5.82 Å². The van der Waals surface area contributed by atoms with Crippen molar-refractivity contribution in [3.05, 3.63) is 18.3 Å². The van der Waals surface area contributed by atoms with E-state index in [0.29, 0.717) is 5.82 Å². The summed E-state index contributed by atoms with van der Waals surface area (Å²) in [7, 11) is -1.89. The minimum Gasteiger partial charge on any atom is -0.370 e. The fourth-order valence-electron chi connectivity index (χ4n) is 1.84. The molecule has 1 aromatic heterocycles. The summed E-state index contributed by atoms with van der Waals surface area (Å²) in [4.78, 5) is 4.42. The summed E-state index contributed by atoms with van der Waals surface area (Å²) in [6.07, 6.45) is 2.49. The molecule has 0 saturated heterocycles. The van der Waals surface area contributed by atoms with E-state index in [2.05, 4.69) is 10.3 Å². The average molecular weight is 313 g/mol. The molecule has 0 saturated carbocycles. The molecule has 0 bridgehead atoms. The molecule has 120 valence electrons. The number of hydrogen-bond donors (Lipinski definition) is 1. The summed E-state index contributed by atoms with van der Waals surface area (Å²) < 4.78 is 26.9. The van der Waals surface area contributed by atoms with E-state index in [1.165, 1.54) is 10.5 Å². The van der Waals surface area contributed by atoms with Gasteiger partial charge in [0, 0.05) is 31.9 Å². The first-order valence-corrected chi connectivity index (χ1v) is 8.72. The molecule has 1 heterocycles. The molecule has 1 atom stereocenters. The van der Waals surface area contributed by atoms with Crippen molar-refractivity contribution in [3.8, 4) is 0 Å². The second-order valence-corrected chi connectivity index (χ2v) is 8.36. The third-order valence-electron chi connectivity index (χ3n) is 3.76. The molecule has 5 nitrogen and oxygen atoms in total. The van der Waals surface area contributed by atoms with Crippen LogP contribution in [0.25, 0.3) is 0 Å². The highest BCUT2D eigenvalue weighted by atomic mass is 32.2. The highest BCUT2D eigenvalue weighted by molar-refractivity contribution is 7.89. The van der Waals surface area contributed by atoms with Crippen molar-refractivity contribution in [3.63, 3.8) is 0 Å². The van der Waals surface area contributed by atoms with Crippen molar-refractivity contribution >= 4 is 15.8 Å². The smallest absolute Gasteiger partial charge is 0.243 e. The number of sulfonamides is 1. The highest BCUT2D eigenvalue weighted by Gasteiger charge is 2.32. The number of nitrogens with one attached hydrogen (secondary N) is 1. The third kappa shape index (κ3) is 4.41. The van der Waals surface area contributed by atoms with E-state index >= 15 is 0 Å². The minimum absolute atomic E-state index is 0.109. The molecule has 0 aliphatic carbocycles. The van der Waals surface area contributed by atoms with Gasteiger partial charge in [-0.2, -0.15) is 4.31 Å². The molecule has 0 aliphatic rings. The number of hydrogen-bond acceptors (Lipinski definition) is 4. The van der Waals surface area contributed by atoms with E-state index in [1.54, 1.807) is 19.2 Å². The van der Waals surface area contributed by atoms with Gasteiger partial charge in [-0.25, -0.2) is 13.4 Å². The lowest BCUT2D eigenvalue weighted by atomic mass is 9.88.